The summed E-state index contributed by atoms with van der Waals surface area (Å²) in [7, 11) is 0. The van der Waals surface area contributed by atoms with Crippen LogP contribution in [0.5, 0.6) is 0 Å². The van der Waals surface area contributed by atoms with Crippen LogP contribution in [0.3, 0.4) is 0 Å². The number of carbonyl (C=O) groups is 3. The number of nitrogens with zero attached hydrogens (tertiary/aromatic N) is 2. The predicted molar refractivity (Wildman–Crippen MR) is 106 cm³/mol. The van der Waals surface area contributed by atoms with Gasteiger partial charge in [0.15, 0.2) is 0 Å². The van der Waals surface area contributed by atoms with Crippen LogP contribution in [0.2, 0.25) is 0 Å². The fourth-order valence-electron chi connectivity index (χ4n) is 3.13. The van der Waals surface area contributed by atoms with Gasteiger partial charge < -0.3 is 0 Å². The summed E-state index contributed by atoms with van der Waals surface area (Å²) < 4.78 is 0. The summed E-state index contributed by atoms with van der Waals surface area (Å²) in [6.45, 7) is 8.31. The summed E-state index contributed by atoms with van der Waals surface area (Å²) in [5, 5.41) is 0. The van der Waals surface area contributed by atoms with Crippen molar-refractivity contribution in [2.24, 2.45) is 0 Å². The third kappa shape index (κ3) is 3.63. The lowest BCUT2D eigenvalue weighted by molar-refractivity contribution is -0.126. The number of amides is 4. The van der Waals surface area contributed by atoms with Gasteiger partial charge in [-0.15, -0.1) is 0 Å². The monoisotopic (exact) mass is 364 g/mol. The first-order valence-corrected chi connectivity index (χ1v) is 9.19. The van der Waals surface area contributed by atoms with E-state index in [2.05, 4.69) is 27.7 Å². The molecular formula is C22H24N2O3. The van der Waals surface area contributed by atoms with E-state index in [0.717, 1.165) is 20.9 Å². The summed E-state index contributed by atoms with van der Waals surface area (Å²) in [4.78, 5) is 40.0. The van der Waals surface area contributed by atoms with Gasteiger partial charge in [0.25, 0.3) is 0 Å². The third-order valence-corrected chi connectivity index (χ3v) is 4.82. The number of hydrogen-bond donors (Lipinski definition) is 0. The quantitative estimate of drug-likeness (QED) is 0.731. The van der Waals surface area contributed by atoms with Gasteiger partial charge in [-0.1, -0.05) is 52.0 Å². The molecule has 5 nitrogen and oxygen atoms in total. The molecule has 1 fully saturated rings. The first-order chi connectivity index (χ1) is 12.8. The minimum absolute atomic E-state index is 0.330. The molecule has 1 aliphatic rings. The van der Waals surface area contributed by atoms with Gasteiger partial charge in [0.05, 0.1) is 11.4 Å². The predicted octanol–water partition coefficient (Wildman–Crippen LogP) is 4.82. The van der Waals surface area contributed by atoms with Gasteiger partial charge in [-0.25, -0.2) is 14.6 Å². The number of benzene rings is 2. The Labute approximate surface area is 159 Å². The third-order valence-electron chi connectivity index (χ3n) is 4.82. The Morgan fingerprint density at radius 3 is 1.26 bits per heavy atom. The zero-order chi connectivity index (χ0) is 19.7. The average Bonchev–Trinajstić information content (AvgIpc) is 2.62. The normalized spacial score (nSPS) is 15.3. The second-order valence-corrected chi connectivity index (χ2v) is 7.41. The summed E-state index contributed by atoms with van der Waals surface area (Å²) in [5.41, 5.74) is 3.19. The van der Waals surface area contributed by atoms with Crippen LogP contribution in [0, 0.1) is 0 Å². The molecule has 3 rings (SSSR count). The number of urea groups is 1. The Hall–Kier alpha value is -2.95. The molecule has 0 spiro atoms. The Kier molecular flexibility index (Phi) is 5.13. The molecule has 1 saturated heterocycles. The van der Waals surface area contributed by atoms with E-state index in [9.17, 15) is 14.4 Å². The molecule has 0 N–H and O–H groups in total. The molecule has 4 amide bonds. The molecule has 5 heteroatoms. The SMILES string of the molecule is CC(C)c1ccc(N2C(=O)CC(=O)N(c3ccc(C(C)C)cc3)C2=O)cc1. The van der Waals surface area contributed by atoms with Crippen LogP contribution < -0.4 is 9.80 Å². The van der Waals surface area contributed by atoms with Crippen molar-refractivity contribution in [3.63, 3.8) is 0 Å². The van der Waals surface area contributed by atoms with E-state index >= 15 is 0 Å². The van der Waals surface area contributed by atoms with Crippen molar-refractivity contribution in [3.05, 3.63) is 59.7 Å². The maximum absolute atomic E-state index is 13.0. The molecule has 1 aliphatic heterocycles. The number of hydrogen-bond acceptors (Lipinski definition) is 3. The molecule has 2 aromatic rings. The molecule has 0 aliphatic carbocycles. The second kappa shape index (κ2) is 7.35. The Morgan fingerprint density at radius 1 is 0.630 bits per heavy atom. The number of rotatable bonds is 4. The van der Waals surface area contributed by atoms with Crippen LogP contribution in [0.15, 0.2) is 48.5 Å². The van der Waals surface area contributed by atoms with E-state index in [-0.39, 0.29) is 6.42 Å². The van der Waals surface area contributed by atoms with Crippen molar-refractivity contribution >= 4 is 29.2 Å². The highest BCUT2D eigenvalue weighted by Gasteiger charge is 2.39. The second-order valence-electron chi connectivity index (χ2n) is 7.41. The lowest BCUT2D eigenvalue weighted by Crippen LogP contribution is -2.55. The first-order valence-electron chi connectivity index (χ1n) is 9.19. The lowest BCUT2D eigenvalue weighted by atomic mass is 10.0. The van der Waals surface area contributed by atoms with Crippen LogP contribution in [-0.4, -0.2) is 17.8 Å². The number of imide groups is 2. The highest BCUT2D eigenvalue weighted by Crippen LogP contribution is 2.28. The summed E-state index contributed by atoms with van der Waals surface area (Å²) >= 11 is 0. The van der Waals surface area contributed by atoms with Crippen molar-refractivity contribution in [1.29, 1.82) is 0 Å². The molecular weight excluding hydrogens is 340 g/mol. The van der Waals surface area contributed by atoms with Gasteiger partial charge in [0, 0.05) is 0 Å². The zero-order valence-corrected chi connectivity index (χ0v) is 16.1. The average molecular weight is 364 g/mol. The molecule has 0 aromatic heterocycles. The van der Waals surface area contributed by atoms with Gasteiger partial charge in [-0.2, -0.15) is 0 Å². The van der Waals surface area contributed by atoms with Gasteiger partial charge >= 0.3 is 6.03 Å². The van der Waals surface area contributed by atoms with E-state index in [1.807, 2.05) is 24.3 Å². The minimum atomic E-state index is -0.633. The highest BCUT2D eigenvalue weighted by molar-refractivity contribution is 6.35. The van der Waals surface area contributed by atoms with Crippen LogP contribution in [0.4, 0.5) is 16.2 Å². The minimum Gasteiger partial charge on any atom is -0.273 e. The maximum Gasteiger partial charge on any atom is 0.342 e. The molecule has 140 valence electrons. The molecule has 0 unspecified atom stereocenters. The summed E-state index contributed by atoms with van der Waals surface area (Å²) in [5.74, 6) is -0.302. The molecule has 1 heterocycles. The molecule has 0 atom stereocenters. The largest absolute Gasteiger partial charge is 0.342 e. The van der Waals surface area contributed by atoms with Crippen molar-refractivity contribution in [1.82, 2.24) is 0 Å². The van der Waals surface area contributed by atoms with Crippen molar-refractivity contribution in [3.8, 4) is 0 Å². The lowest BCUT2D eigenvalue weighted by Gasteiger charge is -2.32. The fourth-order valence-corrected chi connectivity index (χ4v) is 3.13. The Bertz CT molecular complexity index is 796. The number of anilines is 2. The van der Waals surface area contributed by atoms with Gasteiger partial charge in [0.1, 0.15) is 6.42 Å². The Morgan fingerprint density at radius 2 is 0.963 bits per heavy atom. The van der Waals surface area contributed by atoms with Gasteiger partial charge in [0.2, 0.25) is 11.8 Å². The molecule has 0 saturated carbocycles. The molecule has 27 heavy (non-hydrogen) atoms. The van der Waals surface area contributed by atoms with Gasteiger partial charge in [-0.3, -0.25) is 9.59 Å². The van der Waals surface area contributed by atoms with Gasteiger partial charge in [-0.05, 0) is 47.2 Å². The molecule has 0 radical (unpaired) electrons. The van der Waals surface area contributed by atoms with Crippen LogP contribution in [0.1, 0.15) is 57.1 Å². The van der Waals surface area contributed by atoms with Crippen LogP contribution in [-0.2, 0) is 9.59 Å². The van der Waals surface area contributed by atoms with E-state index in [4.69, 9.17) is 0 Å². The van der Waals surface area contributed by atoms with Crippen molar-refractivity contribution in [2.75, 3.05) is 9.80 Å². The van der Waals surface area contributed by atoms with Crippen LogP contribution in [0.25, 0.3) is 0 Å². The van der Waals surface area contributed by atoms with Crippen molar-refractivity contribution in [2.45, 2.75) is 46.0 Å². The fraction of sp³-hybridized carbons (Fsp3) is 0.318. The molecule has 0 bridgehead atoms. The number of barbiturate groups is 1. The smallest absolute Gasteiger partial charge is 0.273 e. The van der Waals surface area contributed by atoms with E-state index in [0.29, 0.717) is 23.2 Å². The van der Waals surface area contributed by atoms with E-state index < -0.39 is 17.8 Å². The number of carbonyl (C=O) groups excluding carboxylic acids is 3. The van der Waals surface area contributed by atoms with Crippen LogP contribution >= 0.6 is 0 Å². The standard InChI is InChI=1S/C22H24N2O3/c1-14(2)16-5-9-18(10-6-16)23-20(25)13-21(26)24(22(23)27)19-11-7-17(8-12-19)15(3)4/h5-12,14-15H,13H2,1-4H3. The Balaban J connectivity index is 1.93. The summed E-state index contributed by atoms with van der Waals surface area (Å²) in [6, 6.07) is 14.0. The van der Waals surface area contributed by atoms with E-state index in [1.165, 1.54) is 0 Å². The maximum atomic E-state index is 13.0. The topological polar surface area (TPSA) is 57.7 Å². The first kappa shape index (κ1) is 18.8. The van der Waals surface area contributed by atoms with E-state index in [1.54, 1.807) is 24.3 Å². The molecule has 2 aromatic carbocycles. The van der Waals surface area contributed by atoms with Crippen molar-refractivity contribution < 1.29 is 14.4 Å². The zero-order valence-electron chi connectivity index (χ0n) is 16.1. The summed E-state index contributed by atoms with van der Waals surface area (Å²) in [6.07, 6.45) is -0.330. The highest BCUT2D eigenvalue weighted by atomic mass is 16.2.